The molecular weight excluding hydrogens is 118 g/mol. The molecule has 0 aliphatic rings. The van der Waals surface area contributed by atoms with Gasteiger partial charge in [0.1, 0.15) is 0 Å². The molecule has 9 heavy (non-hydrogen) atoms. The molecule has 0 bridgehead atoms. The van der Waals surface area contributed by atoms with Crippen LogP contribution in [0.3, 0.4) is 0 Å². The zero-order valence-electron chi connectivity index (χ0n) is 5.63. The summed E-state index contributed by atoms with van der Waals surface area (Å²) in [6.07, 6.45) is 2.89. The number of rotatable bonds is 2. The van der Waals surface area contributed by atoms with E-state index in [1.165, 1.54) is 13.2 Å². The van der Waals surface area contributed by atoms with Gasteiger partial charge < -0.3 is 10.5 Å². The molecule has 0 aliphatic carbocycles. The van der Waals surface area contributed by atoms with Crippen molar-refractivity contribution < 1.29 is 9.53 Å². The van der Waals surface area contributed by atoms with Gasteiger partial charge in [0.2, 0.25) is 0 Å². The molecule has 0 saturated heterocycles. The van der Waals surface area contributed by atoms with Gasteiger partial charge in [-0.15, -0.1) is 0 Å². The lowest BCUT2D eigenvalue weighted by Gasteiger charge is -1.92. The topological polar surface area (TPSA) is 52.3 Å². The van der Waals surface area contributed by atoms with Gasteiger partial charge in [-0.05, 0) is 6.92 Å². The van der Waals surface area contributed by atoms with Gasteiger partial charge >= 0.3 is 5.97 Å². The van der Waals surface area contributed by atoms with Crippen molar-refractivity contribution in [2.45, 2.75) is 13.0 Å². The lowest BCUT2D eigenvalue weighted by molar-refractivity contribution is -0.134. The standard InChI is InChI=1S/C6H11NO2/c1-5(7)3-4-6(8)9-2/h3-5H,7H2,1-2H3/t5-/m0/s1. The van der Waals surface area contributed by atoms with Crippen LogP contribution in [0.15, 0.2) is 12.2 Å². The van der Waals surface area contributed by atoms with Gasteiger partial charge in [-0.3, -0.25) is 0 Å². The average molecular weight is 129 g/mol. The van der Waals surface area contributed by atoms with Crippen molar-refractivity contribution >= 4 is 5.97 Å². The van der Waals surface area contributed by atoms with Crippen LogP contribution in [0.25, 0.3) is 0 Å². The summed E-state index contributed by atoms with van der Waals surface area (Å²) in [5, 5.41) is 0. The van der Waals surface area contributed by atoms with E-state index >= 15 is 0 Å². The highest BCUT2D eigenvalue weighted by Crippen LogP contribution is 1.80. The Morgan fingerprint density at radius 3 is 2.67 bits per heavy atom. The Kier molecular flexibility index (Phi) is 3.71. The maximum absolute atomic E-state index is 10.4. The van der Waals surface area contributed by atoms with Gasteiger partial charge in [0, 0.05) is 12.1 Å². The van der Waals surface area contributed by atoms with Crippen LogP contribution in [-0.4, -0.2) is 19.1 Å². The fourth-order valence-corrected chi connectivity index (χ4v) is 0.298. The summed E-state index contributed by atoms with van der Waals surface area (Å²) < 4.78 is 4.32. The summed E-state index contributed by atoms with van der Waals surface area (Å²) in [6.45, 7) is 1.78. The third-order valence-corrected chi connectivity index (χ3v) is 0.737. The van der Waals surface area contributed by atoms with E-state index in [9.17, 15) is 4.79 Å². The van der Waals surface area contributed by atoms with Crippen molar-refractivity contribution in [3.05, 3.63) is 12.2 Å². The summed E-state index contributed by atoms with van der Waals surface area (Å²) in [5.74, 6) is -0.368. The Hall–Kier alpha value is -0.830. The molecule has 2 N–H and O–H groups in total. The highest BCUT2D eigenvalue weighted by Gasteiger charge is 1.90. The van der Waals surface area contributed by atoms with Crippen LogP contribution in [0.5, 0.6) is 0 Å². The Labute approximate surface area is 54.5 Å². The molecule has 0 radical (unpaired) electrons. The van der Waals surface area contributed by atoms with Crippen molar-refractivity contribution in [2.24, 2.45) is 5.73 Å². The number of carbonyl (C=O) groups excluding carboxylic acids is 1. The van der Waals surface area contributed by atoms with Crippen LogP contribution in [-0.2, 0) is 9.53 Å². The lowest BCUT2D eigenvalue weighted by atomic mass is 10.3. The van der Waals surface area contributed by atoms with Gasteiger partial charge in [0.05, 0.1) is 7.11 Å². The normalized spacial score (nSPS) is 13.7. The van der Waals surface area contributed by atoms with Crippen LogP contribution in [0.4, 0.5) is 0 Å². The summed E-state index contributed by atoms with van der Waals surface area (Å²) in [7, 11) is 1.33. The quantitative estimate of drug-likeness (QED) is 0.424. The first-order valence-corrected chi connectivity index (χ1v) is 2.68. The number of methoxy groups -OCH3 is 1. The predicted molar refractivity (Wildman–Crippen MR) is 34.8 cm³/mol. The van der Waals surface area contributed by atoms with E-state index < -0.39 is 0 Å². The van der Waals surface area contributed by atoms with Gasteiger partial charge in [-0.2, -0.15) is 0 Å². The molecule has 0 amide bonds. The van der Waals surface area contributed by atoms with Crippen LogP contribution >= 0.6 is 0 Å². The van der Waals surface area contributed by atoms with Gasteiger partial charge in [0.25, 0.3) is 0 Å². The van der Waals surface area contributed by atoms with Crippen molar-refractivity contribution in [3.63, 3.8) is 0 Å². The van der Waals surface area contributed by atoms with Crippen LogP contribution in [0.1, 0.15) is 6.92 Å². The molecule has 3 nitrogen and oxygen atoms in total. The smallest absolute Gasteiger partial charge is 0.330 e. The molecular formula is C6H11NO2. The molecule has 0 unspecified atom stereocenters. The first kappa shape index (κ1) is 8.17. The summed E-state index contributed by atoms with van der Waals surface area (Å²) in [4.78, 5) is 10.4. The molecule has 0 heterocycles. The minimum Gasteiger partial charge on any atom is -0.466 e. The molecule has 0 spiro atoms. The highest BCUT2D eigenvalue weighted by molar-refractivity contribution is 5.81. The molecule has 0 aromatic carbocycles. The number of carbonyl (C=O) groups is 1. The minimum atomic E-state index is -0.368. The Balaban J connectivity index is 3.57. The van der Waals surface area contributed by atoms with Crippen molar-refractivity contribution in [1.82, 2.24) is 0 Å². The number of esters is 1. The number of nitrogens with two attached hydrogens (primary N) is 1. The van der Waals surface area contributed by atoms with Crippen LogP contribution < -0.4 is 5.73 Å². The largest absolute Gasteiger partial charge is 0.466 e. The second-order valence-electron chi connectivity index (χ2n) is 1.74. The van der Waals surface area contributed by atoms with E-state index in [0.29, 0.717) is 0 Å². The fourth-order valence-electron chi connectivity index (χ4n) is 0.298. The zero-order chi connectivity index (χ0) is 7.28. The number of hydrogen-bond donors (Lipinski definition) is 1. The molecule has 0 aromatic heterocycles. The monoisotopic (exact) mass is 129 g/mol. The lowest BCUT2D eigenvalue weighted by Crippen LogP contribution is -2.11. The molecule has 3 heteroatoms. The second kappa shape index (κ2) is 4.09. The molecule has 0 saturated carbocycles. The Morgan fingerprint density at radius 2 is 2.33 bits per heavy atom. The third-order valence-electron chi connectivity index (χ3n) is 0.737. The summed E-state index contributed by atoms with van der Waals surface area (Å²) in [6, 6.07) is -0.0934. The average Bonchev–Trinajstić information content (AvgIpc) is 1.83. The van der Waals surface area contributed by atoms with Crippen LogP contribution in [0, 0.1) is 0 Å². The number of ether oxygens (including phenoxy) is 1. The fraction of sp³-hybridized carbons (Fsp3) is 0.500. The highest BCUT2D eigenvalue weighted by atomic mass is 16.5. The van der Waals surface area contributed by atoms with E-state index in [1.54, 1.807) is 13.0 Å². The molecule has 0 aromatic rings. The summed E-state index contributed by atoms with van der Waals surface area (Å²) in [5.41, 5.74) is 5.30. The Morgan fingerprint density at radius 1 is 1.78 bits per heavy atom. The maximum Gasteiger partial charge on any atom is 0.330 e. The first-order valence-electron chi connectivity index (χ1n) is 2.68. The first-order chi connectivity index (χ1) is 4.16. The van der Waals surface area contributed by atoms with Gasteiger partial charge in [-0.1, -0.05) is 6.08 Å². The predicted octanol–water partition coefficient (Wildman–Crippen LogP) is 0.0628. The van der Waals surface area contributed by atoms with E-state index in [4.69, 9.17) is 5.73 Å². The van der Waals surface area contributed by atoms with Gasteiger partial charge in [-0.25, -0.2) is 4.79 Å². The molecule has 52 valence electrons. The third kappa shape index (κ3) is 5.03. The van der Waals surface area contributed by atoms with Gasteiger partial charge in [0.15, 0.2) is 0 Å². The maximum atomic E-state index is 10.4. The Bertz CT molecular complexity index is 118. The SMILES string of the molecule is COC(=O)C=C[C@H](C)N. The molecule has 0 aliphatic heterocycles. The molecule has 0 rings (SSSR count). The molecule has 1 atom stereocenters. The van der Waals surface area contributed by atoms with Crippen LogP contribution in [0.2, 0.25) is 0 Å². The van der Waals surface area contributed by atoms with E-state index in [2.05, 4.69) is 4.74 Å². The van der Waals surface area contributed by atoms with Crippen molar-refractivity contribution in [3.8, 4) is 0 Å². The second-order valence-corrected chi connectivity index (χ2v) is 1.74. The van der Waals surface area contributed by atoms with E-state index in [-0.39, 0.29) is 12.0 Å². The van der Waals surface area contributed by atoms with E-state index in [0.717, 1.165) is 0 Å². The minimum absolute atomic E-state index is 0.0934. The zero-order valence-corrected chi connectivity index (χ0v) is 5.63. The van der Waals surface area contributed by atoms with Crippen molar-refractivity contribution in [2.75, 3.05) is 7.11 Å². The number of hydrogen-bond acceptors (Lipinski definition) is 3. The molecule has 0 fully saturated rings. The van der Waals surface area contributed by atoms with E-state index in [1.807, 2.05) is 0 Å². The summed E-state index contributed by atoms with van der Waals surface area (Å²) >= 11 is 0. The van der Waals surface area contributed by atoms with Crippen molar-refractivity contribution in [1.29, 1.82) is 0 Å².